The van der Waals surface area contributed by atoms with E-state index in [1.165, 1.54) is 6.07 Å². The number of benzene rings is 2. The predicted molar refractivity (Wildman–Crippen MR) is 95.9 cm³/mol. The second-order valence-corrected chi connectivity index (χ2v) is 5.48. The fourth-order valence-corrected chi connectivity index (χ4v) is 2.56. The quantitative estimate of drug-likeness (QED) is 0.654. The Labute approximate surface area is 143 Å². The van der Waals surface area contributed by atoms with Crippen molar-refractivity contribution in [1.82, 2.24) is 10.2 Å². The van der Waals surface area contributed by atoms with Crippen LogP contribution in [0, 0.1) is 5.82 Å². The summed E-state index contributed by atoms with van der Waals surface area (Å²) in [5.74, 6) is 1.44. The second-order valence-electron chi connectivity index (χ2n) is 5.48. The van der Waals surface area contributed by atoms with Crippen LogP contribution in [0.25, 0.3) is 0 Å². The summed E-state index contributed by atoms with van der Waals surface area (Å²) in [7, 11) is 5.37. The Morgan fingerprint density at radius 1 is 1.12 bits per heavy atom. The SMILES string of the molecule is CN=C(NCCc1ccccc1F)N(C)Cc1ccccc1OC. The van der Waals surface area contributed by atoms with Crippen molar-refractivity contribution in [3.63, 3.8) is 0 Å². The van der Waals surface area contributed by atoms with Gasteiger partial charge in [0.1, 0.15) is 11.6 Å². The summed E-state index contributed by atoms with van der Waals surface area (Å²) in [4.78, 5) is 6.30. The van der Waals surface area contributed by atoms with Gasteiger partial charge < -0.3 is 15.0 Å². The molecule has 0 spiro atoms. The molecule has 0 amide bonds. The maximum Gasteiger partial charge on any atom is 0.193 e. The van der Waals surface area contributed by atoms with Crippen LogP contribution in [-0.4, -0.2) is 38.6 Å². The van der Waals surface area contributed by atoms with E-state index >= 15 is 0 Å². The first-order valence-electron chi connectivity index (χ1n) is 7.92. The summed E-state index contributed by atoms with van der Waals surface area (Å²) >= 11 is 0. The van der Waals surface area contributed by atoms with Gasteiger partial charge in [0, 0.05) is 32.7 Å². The van der Waals surface area contributed by atoms with Crippen molar-refractivity contribution in [3.05, 3.63) is 65.5 Å². The standard InChI is InChI=1S/C19H24FN3O/c1-21-19(22-13-12-15-8-4-6-10-17(15)20)23(2)14-16-9-5-7-11-18(16)24-3/h4-11H,12-14H2,1-3H3,(H,21,22). The maximum atomic E-state index is 13.6. The van der Waals surface area contributed by atoms with Crippen LogP contribution >= 0.6 is 0 Å². The summed E-state index contributed by atoms with van der Waals surface area (Å²) in [6.45, 7) is 1.28. The average Bonchev–Trinajstić information content (AvgIpc) is 2.60. The van der Waals surface area contributed by atoms with Crippen molar-refractivity contribution in [1.29, 1.82) is 0 Å². The van der Waals surface area contributed by atoms with Gasteiger partial charge in [0.15, 0.2) is 5.96 Å². The van der Waals surface area contributed by atoms with Crippen LogP contribution in [0.15, 0.2) is 53.5 Å². The van der Waals surface area contributed by atoms with Gasteiger partial charge in [-0.1, -0.05) is 36.4 Å². The van der Waals surface area contributed by atoms with E-state index in [0.29, 0.717) is 25.1 Å². The molecule has 0 unspecified atom stereocenters. The van der Waals surface area contributed by atoms with Gasteiger partial charge >= 0.3 is 0 Å². The van der Waals surface area contributed by atoms with Crippen LogP contribution < -0.4 is 10.1 Å². The van der Waals surface area contributed by atoms with E-state index in [-0.39, 0.29) is 5.82 Å². The van der Waals surface area contributed by atoms with Crippen LogP contribution in [0.5, 0.6) is 5.75 Å². The number of para-hydroxylation sites is 1. The molecule has 0 saturated carbocycles. The Kier molecular flexibility index (Phi) is 6.61. The van der Waals surface area contributed by atoms with E-state index in [1.807, 2.05) is 42.3 Å². The van der Waals surface area contributed by atoms with E-state index in [0.717, 1.165) is 17.3 Å². The third-order valence-corrected chi connectivity index (χ3v) is 3.81. The van der Waals surface area contributed by atoms with Gasteiger partial charge in [-0.15, -0.1) is 0 Å². The van der Waals surface area contributed by atoms with Crippen LogP contribution in [0.3, 0.4) is 0 Å². The number of halogens is 1. The van der Waals surface area contributed by atoms with E-state index in [9.17, 15) is 4.39 Å². The number of aliphatic imine (C=N–C) groups is 1. The molecule has 0 bridgehead atoms. The molecule has 0 atom stereocenters. The van der Waals surface area contributed by atoms with E-state index in [1.54, 1.807) is 26.3 Å². The molecule has 2 aromatic rings. The molecule has 2 aromatic carbocycles. The van der Waals surface area contributed by atoms with Gasteiger partial charge in [-0.3, -0.25) is 4.99 Å². The molecule has 0 aliphatic rings. The monoisotopic (exact) mass is 329 g/mol. The van der Waals surface area contributed by atoms with Crippen molar-refractivity contribution >= 4 is 5.96 Å². The first kappa shape index (κ1) is 17.8. The zero-order valence-corrected chi connectivity index (χ0v) is 14.4. The van der Waals surface area contributed by atoms with Gasteiger partial charge in [0.2, 0.25) is 0 Å². The Morgan fingerprint density at radius 2 is 1.79 bits per heavy atom. The van der Waals surface area contributed by atoms with E-state index < -0.39 is 0 Å². The molecule has 0 radical (unpaired) electrons. The summed E-state index contributed by atoms with van der Waals surface area (Å²) < 4.78 is 19.0. The Hall–Kier alpha value is -2.56. The molecular formula is C19H24FN3O. The highest BCUT2D eigenvalue weighted by atomic mass is 19.1. The summed E-state index contributed by atoms with van der Waals surface area (Å²) in [6, 6.07) is 14.7. The molecule has 1 N–H and O–H groups in total. The second kappa shape index (κ2) is 8.91. The molecule has 0 aliphatic carbocycles. The van der Waals surface area contributed by atoms with Gasteiger partial charge in [-0.2, -0.15) is 0 Å². The number of rotatable bonds is 6. The lowest BCUT2D eigenvalue weighted by molar-refractivity contribution is 0.396. The van der Waals surface area contributed by atoms with Crippen molar-refractivity contribution < 1.29 is 9.13 Å². The highest BCUT2D eigenvalue weighted by Crippen LogP contribution is 2.18. The maximum absolute atomic E-state index is 13.6. The number of nitrogens with zero attached hydrogens (tertiary/aromatic N) is 2. The van der Waals surface area contributed by atoms with Crippen LogP contribution in [0.2, 0.25) is 0 Å². The zero-order valence-electron chi connectivity index (χ0n) is 14.4. The molecule has 0 saturated heterocycles. The molecule has 24 heavy (non-hydrogen) atoms. The largest absolute Gasteiger partial charge is 0.496 e. The third-order valence-electron chi connectivity index (χ3n) is 3.81. The number of nitrogens with one attached hydrogen (secondary N) is 1. The van der Waals surface area contributed by atoms with Crippen molar-refractivity contribution in [2.75, 3.05) is 27.7 Å². The molecule has 5 heteroatoms. The van der Waals surface area contributed by atoms with Crippen molar-refractivity contribution in [3.8, 4) is 5.75 Å². The fourth-order valence-electron chi connectivity index (χ4n) is 2.56. The minimum Gasteiger partial charge on any atom is -0.496 e. The normalized spacial score (nSPS) is 11.2. The number of methoxy groups -OCH3 is 1. The molecular weight excluding hydrogens is 305 g/mol. The number of hydrogen-bond acceptors (Lipinski definition) is 2. The molecule has 0 aliphatic heterocycles. The lowest BCUT2D eigenvalue weighted by Crippen LogP contribution is -2.39. The molecule has 4 nitrogen and oxygen atoms in total. The zero-order chi connectivity index (χ0) is 17.4. The van der Waals surface area contributed by atoms with Crippen LogP contribution in [0.4, 0.5) is 4.39 Å². The van der Waals surface area contributed by atoms with E-state index in [2.05, 4.69) is 10.3 Å². The molecule has 0 fully saturated rings. The predicted octanol–water partition coefficient (Wildman–Crippen LogP) is 3.08. The Balaban J connectivity index is 1.92. The minimum atomic E-state index is -0.170. The first-order chi connectivity index (χ1) is 11.7. The van der Waals surface area contributed by atoms with Crippen LogP contribution in [0.1, 0.15) is 11.1 Å². The van der Waals surface area contributed by atoms with Gasteiger partial charge in [0.25, 0.3) is 0 Å². The lowest BCUT2D eigenvalue weighted by Gasteiger charge is -2.23. The van der Waals surface area contributed by atoms with Gasteiger partial charge in [-0.25, -0.2) is 4.39 Å². The lowest BCUT2D eigenvalue weighted by atomic mass is 10.1. The van der Waals surface area contributed by atoms with Gasteiger partial charge in [0.05, 0.1) is 7.11 Å². The Bertz CT molecular complexity index is 688. The van der Waals surface area contributed by atoms with Crippen molar-refractivity contribution in [2.24, 2.45) is 4.99 Å². The number of hydrogen-bond donors (Lipinski definition) is 1. The highest BCUT2D eigenvalue weighted by molar-refractivity contribution is 5.79. The minimum absolute atomic E-state index is 0.170. The van der Waals surface area contributed by atoms with Crippen molar-refractivity contribution in [2.45, 2.75) is 13.0 Å². The first-order valence-corrected chi connectivity index (χ1v) is 7.92. The summed E-state index contributed by atoms with van der Waals surface area (Å²) in [5, 5.41) is 3.27. The molecule has 2 rings (SSSR count). The Morgan fingerprint density at radius 3 is 2.46 bits per heavy atom. The average molecular weight is 329 g/mol. The highest BCUT2D eigenvalue weighted by Gasteiger charge is 2.10. The summed E-state index contributed by atoms with van der Waals surface area (Å²) in [5.41, 5.74) is 1.78. The topological polar surface area (TPSA) is 36.9 Å². The smallest absolute Gasteiger partial charge is 0.193 e. The number of guanidine groups is 1. The van der Waals surface area contributed by atoms with Gasteiger partial charge in [-0.05, 0) is 24.1 Å². The number of ether oxygens (including phenoxy) is 1. The molecule has 0 heterocycles. The van der Waals surface area contributed by atoms with E-state index in [4.69, 9.17) is 4.74 Å². The van der Waals surface area contributed by atoms with Crippen LogP contribution in [-0.2, 0) is 13.0 Å². The third kappa shape index (κ3) is 4.72. The molecule has 128 valence electrons. The molecule has 0 aromatic heterocycles. The summed E-state index contributed by atoms with van der Waals surface area (Å²) in [6.07, 6.45) is 0.605. The fraction of sp³-hybridized carbons (Fsp3) is 0.316.